The Morgan fingerprint density at radius 3 is 1.70 bits per heavy atom. The van der Waals surface area contributed by atoms with Gasteiger partial charge in [0.2, 0.25) is 0 Å². The number of hydrogen-bond donors (Lipinski definition) is 0. The van der Waals surface area contributed by atoms with Crippen LogP contribution < -0.4 is 20.7 Å². The number of methoxy groups -OCH3 is 1. The molecule has 0 bridgehead atoms. The topological polar surface area (TPSA) is 76.4 Å². The number of carbonyl (C=O) groups is 2. The van der Waals surface area contributed by atoms with Crippen LogP contribution in [0.15, 0.2) is 128 Å². The lowest BCUT2D eigenvalue weighted by Crippen LogP contribution is -2.35. The molecule has 0 spiro atoms. The van der Waals surface area contributed by atoms with Gasteiger partial charge in [0.15, 0.2) is 5.78 Å². The molecule has 0 unspecified atom stereocenters. The van der Waals surface area contributed by atoms with Crippen LogP contribution in [0.4, 0.5) is 0 Å². The van der Waals surface area contributed by atoms with E-state index >= 15 is 0 Å². The number of allylic oxidation sites excluding steroid dienone is 1. The maximum atomic E-state index is 14.2. The summed E-state index contributed by atoms with van der Waals surface area (Å²) in [5, 5.41) is 13.4. The molecule has 4 aromatic rings. The number of hydrogen-bond acceptors (Lipinski definition) is 5. The molecule has 0 fully saturated rings. The van der Waals surface area contributed by atoms with E-state index in [1.165, 1.54) is 6.08 Å². The molecule has 0 aliphatic carbocycles. The number of nitrogens with zero attached hydrogens (tertiary/aromatic N) is 1. The summed E-state index contributed by atoms with van der Waals surface area (Å²) in [4.78, 5) is 27.1. The molecule has 0 aromatic heterocycles. The van der Waals surface area contributed by atoms with E-state index in [1.807, 2.05) is 103 Å². The molecule has 0 N–H and O–H groups in total. The first kappa shape index (κ1) is 28.4. The number of benzene rings is 4. The Bertz CT molecular complexity index is 1450. The van der Waals surface area contributed by atoms with Crippen LogP contribution >= 0.6 is 6.89 Å². The Kier molecular flexibility index (Phi) is 9.52. The third kappa shape index (κ3) is 5.99. The molecule has 0 aliphatic rings. The SMILES string of the molecule is C=C[C@@H](CC(=O)OCc1ccc(OC)cc1)C(=O)C(C#N)=P(c1ccccc1)(c1ccccc1)c1ccccc1. The van der Waals surface area contributed by atoms with E-state index in [4.69, 9.17) is 9.47 Å². The molecule has 0 saturated carbocycles. The van der Waals surface area contributed by atoms with Gasteiger partial charge in [0.25, 0.3) is 0 Å². The molecule has 0 heterocycles. The summed E-state index contributed by atoms with van der Waals surface area (Å²) in [5.74, 6) is -1.19. The van der Waals surface area contributed by atoms with Crippen LogP contribution in [0, 0.1) is 17.2 Å². The minimum absolute atomic E-state index is 0.0602. The van der Waals surface area contributed by atoms with Crippen LogP contribution in [0.3, 0.4) is 0 Å². The van der Waals surface area contributed by atoms with Crippen LogP contribution in [-0.2, 0) is 20.9 Å². The van der Waals surface area contributed by atoms with Gasteiger partial charge in [-0.2, -0.15) is 5.26 Å². The lowest BCUT2D eigenvalue weighted by molar-refractivity contribution is -0.146. The van der Waals surface area contributed by atoms with E-state index in [0.29, 0.717) is 5.75 Å². The van der Waals surface area contributed by atoms with E-state index in [9.17, 15) is 14.9 Å². The van der Waals surface area contributed by atoms with Crippen LogP contribution in [-0.4, -0.2) is 24.2 Å². The van der Waals surface area contributed by atoms with E-state index in [2.05, 4.69) is 12.6 Å². The highest BCUT2D eigenvalue weighted by Gasteiger charge is 2.35. The Morgan fingerprint density at radius 2 is 1.30 bits per heavy atom. The fourth-order valence-electron chi connectivity index (χ4n) is 4.67. The van der Waals surface area contributed by atoms with E-state index in [1.54, 1.807) is 19.2 Å². The first-order valence-electron chi connectivity index (χ1n) is 12.8. The molecule has 200 valence electrons. The summed E-state index contributed by atoms with van der Waals surface area (Å²) in [6, 6.07) is 38.5. The van der Waals surface area contributed by atoms with Crippen molar-refractivity contribution in [2.75, 3.05) is 7.11 Å². The van der Waals surface area contributed by atoms with Gasteiger partial charge in [0.05, 0.1) is 19.4 Å². The summed E-state index contributed by atoms with van der Waals surface area (Å²) < 4.78 is 10.6. The summed E-state index contributed by atoms with van der Waals surface area (Å²) in [7, 11) is 1.58. The van der Waals surface area contributed by atoms with Gasteiger partial charge in [-0.3, -0.25) is 9.59 Å². The summed E-state index contributed by atoms with van der Waals surface area (Å²) in [5.41, 5.74) is 0.794. The average Bonchev–Trinajstić information content (AvgIpc) is 3.02. The molecule has 6 heteroatoms. The van der Waals surface area contributed by atoms with Crippen LogP contribution in [0.2, 0.25) is 0 Å². The number of esters is 1. The van der Waals surface area contributed by atoms with Crippen molar-refractivity contribution in [3.63, 3.8) is 0 Å². The lowest BCUT2D eigenvalue weighted by Gasteiger charge is -2.30. The Morgan fingerprint density at radius 1 is 0.825 bits per heavy atom. The second-order valence-corrected chi connectivity index (χ2v) is 12.4. The van der Waals surface area contributed by atoms with Crippen molar-refractivity contribution in [1.82, 2.24) is 0 Å². The van der Waals surface area contributed by atoms with Crippen molar-refractivity contribution >= 4 is 39.8 Å². The molecular formula is C34H30NO4P. The highest BCUT2D eigenvalue weighted by Crippen LogP contribution is 2.46. The Hall–Kier alpha value is -4.65. The molecule has 1 atom stereocenters. The van der Waals surface area contributed by atoms with Crippen LogP contribution in [0.5, 0.6) is 5.75 Å². The summed E-state index contributed by atoms with van der Waals surface area (Å²) in [6.45, 7) is 0.990. The third-order valence-electron chi connectivity index (χ3n) is 6.67. The molecule has 4 aromatic carbocycles. The second-order valence-electron chi connectivity index (χ2n) is 9.06. The fraction of sp³-hybridized carbons (Fsp3) is 0.118. The fourth-order valence-corrected chi connectivity index (χ4v) is 8.84. The number of nitriles is 1. The van der Waals surface area contributed by atoms with E-state index < -0.39 is 24.6 Å². The summed E-state index contributed by atoms with van der Waals surface area (Å²) >= 11 is 0. The molecule has 40 heavy (non-hydrogen) atoms. The van der Waals surface area contributed by atoms with Gasteiger partial charge >= 0.3 is 5.97 Å². The number of ether oxygens (including phenoxy) is 2. The maximum Gasteiger partial charge on any atom is 0.307 e. The third-order valence-corrected chi connectivity index (χ3v) is 10.9. The highest BCUT2D eigenvalue weighted by atomic mass is 31.2. The molecular weight excluding hydrogens is 517 g/mol. The van der Waals surface area contributed by atoms with Crippen molar-refractivity contribution in [3.8, 4) is 11.8 Å². The molecule has 4 rings (SSSR count). The standard InChI is InChI=1S/C34H30NO4P/c1-3-27(23-33(36)39-25-26-19-21-28(38-2)22-20-26)34(37)32(24-35)40(29-13-7-4-8-14-29,30-15-9-5-10-16-30)31-17-11-6-12-18-31/h3-22,27H,1,23,25H2,2H3/t27-/m0/s1. The van der Waals surface area contributed by atoms with E-state index in [0.717, 1.165) is 21.5 Å². The smallest absolute Gasteiger partial charge is 0.307 e. The number of carbonyl (C=O) groups excluding carboxylic acids is 2. The zero-order chi connectivity index (χ0) is 28.4. The molecule has 0 radical (unpaired) electrons. The van der Waals surface area contributed by atoms with Gasteiger partial charge in [-0.1, -0.05) is 109 Å². The van der Waals surface area contributed by atoms with Crippen molar-refractivity contribution in [2.45, 2.75) is 13.0 Å². The zero-order valence-corrected chi connectivity index (χ0v) is 23.2. The second kappa shape index (κ2) is 13.4. The Balaban J connectivity index is 1.78. The number of rotatable bonds is 11. The largest absolute Gasteiger partial charge is 0.497 e. The van der Waals surface area contributed by atoms with Crippen molar-refractivity contribution < 1.29 is 19.1 Å². The normalized spacial score (nSPS) is 11.5. The molecule has 0 saturated heterocycles. The van der Waals surface area contributed by atoms with Gasteiger partial charge < -0.3 is 9.47 Å². The quantitative estimate of drug-likeness (QED) is 0.147. The molecule has 0 aliphatic heterocycles. The first-order chi connectivity index (χ1) is 19.5. The summed E-state index contributed by atoms with van der Waals surface area (Å²) in [6.07, 6.45) is 1.21. The van der Waals surface area contributed by atoms with Crippen molar-refractivity contribution in [1.29, 1.82) is 5.26 Å². The first-order valence-corrected chi connectivity index (χ1v) is 14.6. The monoisotopic (exact) mass is 547 g/mol. The van der Waals surface area contributed by atoms with Gasteiger partial charge in [-0.05, 0) is 40.5 Å². The van der Waals surface area contributed by atoms with Crippen molar-refractivity contribution in [3.05, 3.63) is 133 Å². The van der Waals surface area contributed by atoms with Gasteiger partial charge in [0.1, 0.15) is 23.7 Å². The average molecular weight is 548 g/mol. The highest BCUT2D eigenvalue weighted by molar-refractivity contribution is 7.97. The number of Topliss-reactive ketones (excluding diaryl/α,β-unsaturated/α-hetero) is 1. The lowest BCUT2D eigenvalue weighted by atomic mass is 9.98. The minimum atomic E-state index is -2.91. The Labute approximate surface area is 235 Å². The molecule has 5 nitrogen and oxygen atoms in total. The van der Waals surface area contributed by atoms with Crippen LogP contribution in [0.25, 0.3) is 0 Å². The maximum absolute atomic E-state index is 14.2. The zero-order valence-electron chi connectivity index (χ0n) is 22.3. The predicted molar refractivity (Wildman–Crippen MR) is 162 cm³/mol. The number of ketones is 1. The van der Waals surface area contributed by atoms with Gasteiger partial charge in [-0.15, -0.1) is 6.58 Å². The van der Waals surface area contributed by atoms with Gasteiger partial charge in [0, 0.05) is 0 Å². The van der Waals surface area contributed by atoms with Gasteiger partial charge in [-0.25, -0.2) is 0 Å². The van der Waals surface area contributed by atoms with Crippen molar-refractivity contribution in [2.24, 2.45) is 5.92 Å². The minimum Gasteiger partial charge on any atom is -0.497 e. The van der Waals surface area contributed by atoms with Crippen LogP contribution in [0.1, 0.15) is 12.0 Å². The molecule has 0 amide bonds. The van der Waals surface area contributed by atoms with E-state index in [-0.39, 0.29) is 18.3 Å². The predicted octanol–water partition coefficient (Wildman–Crippen LogP) is 5.19.